The van der Waals surface area contributed by atoms with Gasteiger partial charge in [0.2, 0.25) is 0 Å². The molecule has 0 fully saturated rings. The summed E-state index contributed by atoms with van der Waals surface area (Å²) in [5, 5.41) is 2.41. The molecule has 20 heavy (non-hydrogen) atoms. The van der Waals surface area contributed by atoms with Crippen LogP contribution in [0, 0.1) is 0 Å². The average Bonchev–Trinajstić information content (AvgIpc) is 2.53. The van der Waals surface area contributed by atoms with Gasteiger partial charge in [0.05, 0.1) is 19.3 Å². The van der Waals surface area contributed by atoms with Crippen molar-refractivity contribution in [3.05, 3.63) is 72.1 Å². The Balaban J connectivity index is 2.00. The van der Waals surface area contributed by atoms with Crippen LogP contribution in [0.1, 0.15) is 17.2 Å². The summed E-state index contributed by atoms with van der Waals surface area (Å²) in [6.07, 6.45) is 3.46. The van der Waals surface area contributed by atoms with Crippen LogP contribution >= 0.6 is 0 Å². The molecule has 3 nitrogen and oxygen atoms in total. The number of aromatic nitrogens is 1. The van der Waals surface area contributed by atoms with Crippen molar-refractivity contribution < 1.29 is 4.74 Å². The lowest BCUT2D eigenvalue weighted by Crippen LogP contribution is -2.12. The summed E-state index contributed by atoms with van der Waals surface area (Å²) >= 11 is 0. The standard InChI is InChI=1S/C17H16N2O/c1-20-16-9-15(10-19-11-16)17(18)14-7-6-12-4-2-3-5-13(12)8-14/h2-11,17H,18H2,1H3. The Morgan fingerprint density at radius 3 is 2.55 bits per heavy atom. The molecular formula is C17H16N2O. The van der Waals surface area contributed by atoms with Gasteiger partial charge in [-0.3, -0.25) is 4.98 Å². The van der Waals surface area contributed by atoms with Gasteiger partial charge in [-0.25, -0.2) is 0 Å². The van der Waals surface area contributed by atoms with Crippen LogP contribution in [0.2, 0.25) is 0 Å². The molecule has 0 amide bonds. The maximum Gasteiger partial charge on any atom is 0.137 e. The fraction of sp³-hybridized carbons (Fsp3) is 0.118. The third-order valence-electron chi connectivity index (χ3n) is 3.46. The van der Waals surface area contributed by atoms with Gasteiger partial charge in [-0.1, -0.05) is 36.4 Å². The number of nitrogens with two attached hydrogens (primary N) is 1. The van der Waals surface area contributed by atoms with Crippen molar-refractivity contribution in [3.8, 4) is 5.75 Å². The third-order valence-corrected chi connectivity index (χ3v) is 3.46. The molecule has 0 aliphatic carbocycles. The molecule has 1 aromatic heterocycles. The summed E-state index contributed by atoms with van der Waals surface area (Å²) in [7, 11) is 1.63. The summed E-state index contributed by atoms with van der Waals surface area (Å²) in [5.74, 6) is 0.721. The number of rotatable bonds is 3. The zero-order valence-corrected chi connectivity index (χ0v) is 11.3. The lowest BCUT2D eigenvalue weighted by molar-refractivity contribution is 0.412. The van der Waals surface area contributed by atoms with Crippen LogP contribution in [0.15, 0.2) is 60.9 Å². The molecule has 3 aromatic rings. The second-order valence-corrected chi connectivity index (χ2v) is 4.74. The maximum absolute atomic E-state index is 6.34. The van der Waals surface area contributed by atoms with Crippen molar-refractivity contribution in [1.29, 1.82) is 0 Å². The molecule has 2 aromatic carbocycles. The highest BCUT2D eigenvalue weighted by atomic mass is 16.5. The van der Waals surface area contributed by atoms with Gasteiger partial charge < -0.3 is 10.5 Å². The Kier molecular flexibility index (Phi) is 3.35. The lowest BCUT2D eigenvalue weighted by atomic mass is 9.98. The van der Waals surface area contributed by atoms with E-state index in [0.29, 0.717) is 0 Å². The number of hydrogen-bond acceptors (Lipinski definition) is 3. The number of pyridine rings is 1. The van der Waals surface area contributed by atoms with Gasteiger partial charge in [0.25, 0.3) is 0 Å². The van der Waals surface area contributed by atoms with Crippen molar-refractivity contribution in [1.82, 2.24) is 4.98 Å². The summed E-state index contributed by atoms with van der Waals surface area (Å²) in [4.78, 5) is 4.16. The minimum absolute atomic E-state index is 0.206. The number of ether oxygens (including phenoxy) is 1. The van der Waals surface area contributed by atoms with E-state index in [1.165, 1.54) is 10.8 Å². The van der Waals surface area contributed by atoms with Crippen molar-refractivity contribution in [2.45, 2.75) is 6.04 Å². The lowest BCUT2D eigenvalue weighted by Gasteiger charge is -2.14. The van der Waals surface area contributed by atoms with Crippen molar-refractivity contribution in [3.63, 3.8) is 0 Å². The Hall–Kier alpha value is -2.39. The molecule has 2 N–H and O–H groups in total. The number of methoxy groups -OCH3 is 1. The largest absolute Gasteiger partial charge is 0.495 e. The van der Waals surface area contributed by atoms with E-state index < -0.39 is 0 Å². The van der Waals surface area contributed by atoms with Gasteiger partial charge in [-0.2, -0.15) is 0 Å². The topological polar surface area (TPSA) is 48.1 Å². The molecule has 0 saturated heterocycles. The van der Waals surface area contributed by atoms with E-state index >= 15 is 0 Å². The summed E-state index contributed by atoms with van der Waals surface area (Å²) in [5.41, 5.74) is 8.35. The molecular weight excluding hydrogens is 248 g/mol. The van der Waals surface area contributed by atoms with E-state index in [4.69, 9.17) is 10.5 Å². The van der Waals surface area contributed by atoms with E-state index in [2.05, 4.69) is 35.3 Å². The van der Waals surface area contributed by atoms with E-state index in [0.717, 1.165) is 16.9 Å². The Morgan fingerprint density at radius 2 is 1.75 bits per heavy atom. The molecule has 0 spiro atoms. The first kappa shape index (κ1) is 12.6. The maximum atomic E-state index is 6.34. The quantitative estimate of drug-likeness (QED) is 0.789. The molecule has 1 unspecified atom stereocenters. The van der Waals surface area contributed by atoms with Gasteiger partial charge in [-0.05, 0) is 34.0 Å². The minimum atomic E-state index is -0.206. The SMILES string of the molecule is COc1cncc(C(N)c2ccc3ccccc3c2)c1. The van der Waals surface area contributed by atoms with Gasteiger partial charge in [0, 0.05) is 6.20 Å². The van der Waals surface area contributed by atoms with Crippen molar-refractivity contribution in [2.24, 2.45) is 5.73 Å². The minimum Gasteiger partial charge on any atom is -0.495 e. The molecule has 0 radical (unpaired) electrons. The van der Waals surface area contributed by atoms with Gasteiger partial charge >= 0.3 is 0 Å². The highest BCUT2D eigenvalue weighted by Gasteiger charge is 2.10. The number of nitrogens with zero attached hydrogens (tertiary/aromatic N) is 1. The number of hydrogen-bond donors (Lipinski definition) is 1. The molecule has 0 aliphatic heterocycles. The Bertz CT molecular complexity index is 740. The Morgan fingerprint density at radius 1 is 0.950 bits per heavy atom. The highest BCUT2D eigenvalue weighted by molar-refractivity contribution is 5.83. The first-order chi connectivity index (χ1) is 9.78. The smallest absolute Gasteiger partial charge is 0.137 e. The molecule has 0 saturated carbocycles. The predicted octanol–water partition coefficient (Wildman–Crippen LogP) is 3.29. The molecule has 100 valence electrons. The average molecular weight is 264 g/mol. The Labute approximate surface area is 118 Å². The fourth-order valence-electron chi connectivity index (χ4n) is 2.31. The van der Waals surface area contributed by atoms with Crippen LogP contribution in [0.4, 0.5) is 0 Å². The van der Waals surface area contributed by atoms with Crippen LogP contribution in [0.5, 0.6) is 5.75 Å². The highest BCUT2D eigenvalue weighted by Crippen LogP contribution is 2.25. The van der Waals surface area contributed by atoms with Crippen LogP contribution in [-0.2, 0) is 0 Å². The normalized spacial score (nSPS) is 12.3. The van der Waals surface area contributed by atoms with Crippen LogP contribution in [0.25, 0.3) is 10.8 Å². The fourth-order valence-corrected chi connectivity index (χ4v) is 2.31. The molecule has 0 bridgehead atoms. The van der Waals surface area contributed by atoms with Gasteiger partial charge in [0.15, 0.2) is 0 Å². The predicted molar refractivity (Wildman–Crippen MR) is 80.8 cm³/mol. The van der Waals surface area contributed by atoms with E-state index in [1.54, 1.807) is 19.5 Å². The molecule has 0 aliphatic rings. The first-order valence-electron chi connectivity index (χ1n) is 6.51. The molecule has 3 heteroatoms. The van der Waals surface area contributed by atoms with Gasteiger partial charge in [-0.15, -0.1) is 0 Å². The van der Waals surface area contributed by atoms with E-state index in [1.807, 2.05) is 18.2 Å². The summed E-state index contributed by atoms with van der Waals surface area (Å²) in [6.45, 7) is 0. The van der Waals surface area contributed by atoms with E-state index in [9.17, 15) is 0 Å². The second-order valence-electron chi connectivity index (χ2n) is 4.74. The van der Waals surface area contributed by atoms with Crippen molar-refractivity contribution in [2.75, 3.05) is 7.11 Å². The number of fused-ring (bicyclic) bond motifs is 1. The van der Waals surface area contributed by atoms with E-state index in [-0.39, 0.29) is 6.04 Å². The molecule has 1 heterocycles. The van der Waals surface area contributed by atoms with Gasteiger partial charge in [0.1, 0.15) is 5.75 Å². The zero-order valence-electron chi connectivity index (χ0n) is 11.3. The van der Waals surface area contributed by atoms with Crippen molar-refractivity contribution >= 4 is 10.8 Å². The monoisotopic (exact) mass is 264 g/mol. The second kappa shape index (κ2) is 5.31. The summed E-state index contributed by atoms with van der Waals surface area (Å²) < 4.78 is 5.19. The summed E-state index contributed by atoms with van der Waals surface area (Å²) in [6, 6.07) is 16.3. The zero-order chi connectivity index (χ0) is 13.9. The van der Waals surface area contributed by atoms with Crippen LogP contribution in [0.3, 0.4) is 0 Å². The number of benzene rings is 2. The molecule has 3 rings (SSSR count). The van der Waals surface area contributed by atoms with Crippen LogP contribution < -0.4 is 10.5 Å². The molecule has 1 atom stereocenters. The van der Waals surface area contributed by atoms with Crippen LogP contribution in [-0.4, -0.2) is 12.1 Å². The third kappa shape index (κ3) is 2.36. The first-order valence-corrected chi connectivity index (χ1v) is 6.51.